The Hall–Kier alpha value is -3.08. The summed E-state index contributed by atoms with van der Waals surface area (Å²) in [6, 6.07) is 14.9. The average molecular weight is 378 g/mol. The second kappa shape index (κ2) is 8.30. The molecule has 0 aliphatic heterocycles. The maximum absolute atomic E-state index is 12.8. The predicted octanol–water partition coefficient (Wildman–Crippen LogP) is 4.60. The first-order chi connectivity index (χ1) is 13.5. The van der Waals surface area contributed by atoms with Gasteiger partial charge in [0.15, 0.2) is 0 Å². The smallest absolute Gasteiger partial charge is 0.336 e. The molecular weight excluding hydrogens is 352 g/mol. The van der Waals surface area contributed by atoms with Crippen LogP contribution in [0.3, 0.4) is 0 Å². The zero-order chi connectivity index (χ0) is 20.3. The molecule has 1 N–H and O–H groups in total. The van der Waals surface area contributed by atoms with Crippen LogP contribution >= 0.6 is 0 Å². The van der Waals surface area contributed by atoms with Gasteiger partial charge in [-0.1, -0.05) is 56.3 Å². The molecule has 3 rings (SSSR count). The Morgan fingerprint density at radius 3 is 2.36 bits per heavy atom. The first kappa shape index (κ1) is 19.7. The van der Waals surface area contributed by atoms with Gasteiger partial charge in [0.05, 0.1) is 12.1 Å². The number of benzene rings is 2. The van der Waals surface area contributed by atoms with E-state index >= 15 is 0 Å². The number of imidazole rings is 1. The standard InChI is InChI=1S/C23H26N2O3/c1-4-16(3)24-15-19(5-2)25(23(24)28)14-17-10-12-18(13-11-17)20-8-6-7-9-21(20)22(26)27/h6-13,15-16H,4-5,14H2,1-3H3,(H,26,27). The molecule has 0 spiro atoms. The van der Waals surface area contributed by atoms with Crippen molar-refractivity contribution in [2.24, 2.45) is 0 Å². The summed E-state index contributed by atoms with van der Waals surface area (Å²) in [7, 11) is 0. The molecule has 1 heterocycles. The molecule has 0 aliphatic carbocycles. The van der Waals surface area contributed by atoms with Crippen molar-refractivity contribution in [1.29, 1.82) is 0 Å². The van der Waals surface area contributed by atoms with Crippen LogP contribution in [0.25, 0.3) is 11.1 Å². The fraction of sp³-hybridized carbons (Fsp3) is 0.304. The van der Waals surface area contributed by atoms with E-state index in [1.165, 1.54) is 0 Å². The molecular formula is C23H26N2O3. The van der Waals surface area contributed by atoms with Crippen LogP contribution in [-0.4, -0.2) is 20.2 Å². The lowest BCUT2D eigenvalue weighted by Gasteiger charge is -2.10. The summed E-state index contributed by atoms with van der Waals surface area (Å²) in [4.78, 5) is 24.3. The molecule has 0 saturated heterocycles. The third-order valence-corrected chi connectivity index (χ3v) is 5.28. The molecule has 146 valence electrons. The second-order valence-corrected chi connectivity index (χ2v) is 7.05. The van der Waals surface area contributed by atoms with E-state index in [9.17, 15) is 14.7 Å². The van der Waals surface area contributed by atoms with E-state index in [1.54, 1.807) is 12.1 Å². The molecule has 5 nitrogen and oxygen atoms in total. The topological polar surface area (TPSA) is 64.2 Å². The third kappa shape index (κ3) is 3.79. The summed E-state index contributed by atoms with van der Waals surface area (Å²) in [6.07, 6.45) is 3.67. The van der Waals surface area contributed by atoms with E-state index in [2.05, 4.69) is 20.8 Å². The van der Waals surface area contributed by atoms with Crippen molar-refractivity contribution in [2.45, 2.75) is 46.2 Å². The lowest BCUT2D eigenvalue weighted by molar-refractivity contribution is 0.0697. The Balaban J connectivity index is 1.91. The number of carboxylic acid groups (broad SMARTS) is 1. The summed E-state index contributed by atoms with van der Waals surface area (Å²) in [6.45, 7) is 6.69. The Labute approximate surface area is 164 Å². The van der Waals surface area contributed by atoms with Crippen LogP contribution in [0.4, 0.5) is 0 Å². The van der Waals surface area contributed by atoms with Gasteiger partial charge in [-0.3, -0.25) is 9.13 Å². The van der Waals surface area contributed by atoms with Crippen molar-refractivity contribution in [1.82, 2.24) is 9.13 Å². The van der Waals surface area contributed by atoms with Gasteiger partial charge < -0.3 is 5.11 Å². The van der Waals surface area contributed by atoms with Gasteiger partial charge in [-0.2, -0.15) is 0 Å². The van der Waals surface area contributed by atoms with Crippen molar-refractivity contribution >= 4 is 5.97 Å². The van der Waals surface area contributed by atoms with Crippen LogP contribution < -0.4 is 5.69 Å². The van der Waals surface area contributed by atoms with Crippen LogP contribution in [0.5, 0.6) is 0 Å². The van der Waals surface area contributed by atoms with Gasteiger partial charge in [0.1, 0.15) is 0 Å². The van der Waals surface area contributed by atoms with E-state index in [4.69, 9.17) is 0 Å². The van der Waals surface area contributed by atoms with Crippen LogP contribution in [0.1, 0.15) is 54.8 Å². The van der Waals surface area contributed by atoms with Gasteiger partial charge in [0.25, 0.3) is 0 Å². The quantitative estimate of drug-likeness (QED) is 0.654. The third-order valence-electron chi connectivity index (χ3n) is 5.28. The molecule has 28 heavy (non-hydrogen) atoms. The second-order valence-electron chi connectivity index (χ2n) is 7.05. The fourth-order valence-corrected chi connectivity index (χ4v) is 3.41. The summed E-state index contributed by atoms with van der Waals surface area (Å²) in [5, 5.41) is 9.39. The Kier molecular flexibility index (Phi) is 5.83. The molecule has 1 aromatic heterocycles. The summed E-state index contributed by atoms with van der Waals surface area (Å²) in [5.41, 5.74) is 3.87. The number of nitrogens with zero attached hydrogens (tertiary/aromatic N) is 2. The Morgan fingerprint density at radius 2 is 1.75 bits per heavy atom. The number of hydrogen-bond acceptors (Lipinski definition) is 2. The van der Waals surface area contributed by atoms with Gasteiger partial charge in [0, 0.05) is 17.9 Å². The van der Waals surface area contributed by atoms with Crippen LogP contribution in [0, 0.1) is 0 Å². The highest BCUT2D eigenvalue weighted by molar-refractivity contribution is 5.95. The van der Waals surface area contributed by atoms with Gasteiger partial charge >= 0.3 is 11.7 Å². The monoisotopic (exact) mass is 378 g/mol. The van der Waals surface area contributed by atoms with E-state index < -0.39 is 5.97 Å². The van der Waals surface area contributed by atoms with Gasteiger partial charge in [0.2, 0.25) is 0 Å². The minimum absolute atomic E-state index is 0.0199. The molecule has 0 saturated carbocycles. The maximum Gasteiger partial charge on any atom is 0.336 e. The van der Waals surface area contributed by atoms with Gasteiger partial charge in [-0.15, -0.1) is 0 Å². The van der Waals surface area contributed by atoms with Crippen molar-refractivity contribution in [3.8, 4) is 11.1 Å². The highest BCUT2D eigenvalue weighted by Crippen LogP contribution is 2.24. The molecule has 2 aromatic carbocycles. The molecule has 0 fully saturated rings. The van der Waals surface area contributed by atoms with Gasteiger partial charge in [-0.25, -0.2) is 9.59 Å². The SMILES string of the molecule is CCc1cn(C(C)CC)c(=O)n1Cc1ccc(-c2ccccc2C(=O)O)cc1. The first-order valence-electron chi connectivity index (χ1n) is 9.68. The van der Waals surface area contributed by atoms with Crippen LogP contribution in [-0.2, 0) is 13.0 Å². The molecule has 1 unspecified atom stereocenters. The van der Waals surface area contributed by atoms with E-state index in [0.29, 0.717) is 12.1 Å². The Morgan fingerprint density at radius 1 is 1.07 bits per heavy atom. The summed E-state index contributed by atoms with van der Waals surface area (Å²) < 4.78 is 3.64. The van der Waals surface area contributed by atoms with Crippen molar-refractivity contribution in [3.63, 3.8) is 0 Å². The zero-order valence-electron chi connectivity index (χ0n) is 16.6. The minimum Gasteiger partial charge on any atom is -0.478 e. The number of rotatable bonds is 7. The summed E-state index contributed by atoms with van der Waals surface area (Å²) in [5.74, 6) is -0.940. The van der Waals surface area contributed by atoms with Crippen molar-refractivity contribution < 1.29 is 9.90 Å². The molecule has 1 atom stereocenters. The van der Waals surface area contributed by atoms with E-state index in [-0.39, 0.29) is 17.3 Å². The van der Waals surface area contributed by atoms with E-state index in [0.717, 1.165) is 29.7 Å². The largest absolute Gasteiger partial charge is 0.478 e. The Bertz CT molecular complexity index is 1030. The lowest BCUT2D eigenvalue weighted by atomic mass is 9.99. The molecule has 3 aromatic rings. The average Bonchev–Trinajstić information content (AvgIpc) is 3.03. The molecule has 0 aliphatic rings. The maximum atomic E-state index is 12.8. The van der Waals surface area contributed by atoms with Crippen LogP contribution in [0.2, 0.25) is 0 Å². The molecule has 0 amide bonds. The number of aromatic nitrogens is 2. The van der Waals surface area contributed by atoms with E-state index in [1.807, 2.05) is 51.7 Å². The fourth-order valence-electron chi connectivity index (χ4n) is 3.41. The predicted molar refractivity (Wildman–Crippen MR) is 111 cm³/mol. The molecule has 5 heteroatoms. The first-order valence-corrected chi connectivity index (χ1v) is 9.68. The number of aryl methyl sites for hydroxylation is 1. The van der Waals surface area contributed by atoms with Crippen molar-refractivity contribution in [3.05, 3.63) is 82.0 Å². The van der Waals surface area contributed by atoms with Crippen LogP contribution in [0.15, 0.2) is 59.5 Å². The summed E-state index contributed by atoms with van der Waals surface area (Å²) >= 11 is 0. The molecule has 0 radical (unpaired) electrons. The molecule has 0 bridgehead atoms. The number of carbonyl (C=O) groups is 1. The zero-order valence-corrected chi connectivity index (χ0v) is 16.6. The number of hydrogen-bond donors (Lipinski definition) is 1. The lowest BCUT2D eigenvalue weighted by Crippen LogP contribution is -2.27. The van der Waals surface area contributed by atoms with Crippen molar-refractivity contribution in [2.75, 3.05) is 0 Å². The highest BCUT2D eigenvalue weighted by Gasteiger charge is 2.14. The number of carboxylic acids is 1. The normalized spacial score (nSPS) is 12.1. The van der Waals surface area contributed by atoms with Gasteiger partial charge in [-0.05, 0) is 42.5 Å². The number of aromatic carboxylic acids is 1. The highest BCUT2D eigenvalue weighted by atomic mass is 16.4. The minimum atomic E-state index is -0.940.